The van der Waals surface area contributed by atoms with Gasteiger partial charge >= 0.3 is 0 Å². The van der Waals surface area contributed by atoms with Gasteiger partial charge in [-0.05, 0) is 30.5 Å². The van der Waals surface area contributed by atoms with Crippen molar-refractivity contribution in [2.75, 3.05) is 11.9 Å². The Labute approximate surface area is 79.6 Å². The molecule has 0 radical (unpaired) electrons. The molecule has 0 aromatic heterocycles. The molecule has 0 saturated heterocycles. The van der Waals surface area contributed by atoms with E-state index in [1.165, 1.54) is 5.56 Å². The first-order chi connectivity index (χ1) is 6.27. The monoisotopic (exact) mass is 179 g/mol. The van der Waals surface area contributed by atoms with Gasteiger partial charge in [-0.15, -0.1) is 0 Å². The van der Waals surface area contributed by atoms with Crippen molar-refractivity contribution >= 4 is 5.69 Å². The van der Waals surface area contributed by atoms with Gasteiger partial charge in [-0.3, -0.25) is 0 Å². The van der Waals surface area contributed by atoms with Crippen LogP contribution in [0.25, 0.3) is 0 Å². The zero-order chi connectivity index (χ0) is 9.68. The van der Waals surface area contributed by atoms with Crippen LogP contribution in [-0.4, -0.2) is 11.7 Å². The summed E-state index contributed by atoms with van der Waals surface area (Å²) in [6.45, 7) is 5.12. The largest absolute Gasteiger partial charge is 0.506 e. The van der Waals surface area contributed by atoms with Gasteiger partial charge in [-0.25, -0.2) is 0 Å². The SMILES string of the molecule is CCCNc1cc(CC)ccc1O. The molecule has 0 amide bonds. The third-order valence-electron chi connectivity index (χ3n) is 2.03. The molecule has 0 spiro atoms. The molecular weight excluding hydrogens is 162 g/mol. The quantitative estimate of drug-likeness (QED) is 0.696. The van der Waals surface area contributed by atoms with E-state index in [0.29, 0.717) is 5.75 Å². The van der Waals surface area contributed by atoms with Gasteiger partial charge in [-0.1, -0.05) is 19.9 Å². The van der Waals surface area contributed by atoms with E-state index in [-0.39, 0.29) is 0 Å². The lowest BCUT2D eigenvalue weighted by Crippen LogP contribution is -2.00. The molecule has 2 nitrogen and oxygen atoms in total. The van der Waals surface area contributed by atoms with Crippen molar-refractivity contribution < 1.29 is 5.11 Å². The molecule has 1 rings (SSSR count). The maximum Gasteiger partial charge on any atom is 0.138 e. The molecule has 1 aromatic rings. The molecule has 2 N–H and O–H groups in total. The maximum absolute atomic E-state index is 9.49. The molecule has 1 aromatic carbocycles. The van der Waals surface area contributed by atoms with E-state index in [0.717, 1.165) is 25.1 Å². The number of rotatable bonds is 4. The Morgan fingerprint density at radius 3 is 2.69 bits per heavy atom. The summed E-state index contributed by atoms with van der Waals surface area (Å²) in [6, 6.07) is 5.70. The number of benzene rings is 1. The molecule has 0 aliphatic carbocycles. The molecule has 0 unspecified atom stereocenters. The standard InChI is InChI=1S/C11H17NO/c1-3-7-12-10-8-9(4-2)5-6-11(10)13/h5-6,8,12-13H,3-4,7H2,1-2H3. The first kappa shape index (κ1) is 9.90. The fourth-order valence-corrected chi connectivity index (χ4v) is 1.20. The smallest absolute Gasteiger partial charge is 0.138 e. The highest BCUT2D eigenvalue weighted by atomic mass is 16.3. The topological polar surface area (TPSA) is 32.3 Å². The lowest BCUT2D eigenvalue weighted by atomic mass is 10.1. The van der Waals surface area contributed by atoms with E-state index in [2.05, 4.69) is 19.2 Å². The minimum Gasteiger partial charge on any atom is -0.506 e. The predicted octanol–water partition coefficient (Wildman–Crippen LogP) is 2.78. The zero-order valence-corrected chi connectivity index (χ0v) is 8.30. The van der Waals surface area contributed by atoms with Crippen LogP contribution in [0.3, 0.4) is 0 Å². The van der Waals surface area contributed by atoms with Crippen molar-refractivity contribution in [3.63, 3.8) is 0 Å². The Morgan fingerprint density at radius 2 is 2.08 bits per heavy atom. The van der Waals surface area contributed by atoms with Crippen LogP contribution in [-0.2, 0) is 6.42 Å². The van der Waals surface area contributed by atoms with E-state index >= 15 is 0 Å². The summed E-state index contributed by atoms with van der Waals surface area (Å²) in [7, 11) is 0. The zero-order valence-electron chi connectivity index (χ0n) is 8.30. The summed E-state index contributed by atoms with van der Waals surface area (Å²) in [5.41, 5.74) is 2.10. The summed E-state index contributed by atoms with van der Waals surface area (Å²) in [6.07, 6.45) is 2.07. The highest BCUT2D eigenvalue weighted by Gasteiger charge is 1.99. The fourth-order valence-electron chi connectivity index (χ4n) is 1.20. The minimum absolute atomic E-state index is 0.339. The number of anilines is 1. The van der Waals surface area contributed by atoms with E-state index in [1.54, 1.807) is 6.07 Å². The molecule has 2 heteroatoms. The molecule has 13 heavy (non-hydrogen) atoms. The third-order valence-corrected chi connectivity index (χ3v) is 2.03. The van der Waals surface area contributed by atoms with Crippen LogP contribution in [0.4, 0.5) is 5.69 Å². The van der Waals surface area contributed by atoms with E-state index in [1.807, 2.05) is 12.1 Å². The van der Waals surface area contributed by atoms with Crippen molar-refractivity contribution in [1.82, 2.24) is 0 Å². The van der Waals surface area contributed by atoms with E-state index < -0.39 is 0 Å². The van der Waals surface area contributed by atoms with Crippen molar-refractivity contribution in [2.24, 2.45) is 0 Å². The highest BCUT2D eigenvalue weighted by molar-refractivity contribution is 5.57. The molecule has 0 aliphatic heterocycles. The maximum atomic E-state index is 9.49. The van der Waals surface area contributed by atoms with Gasteiger partial charge in [0.15, 0.2) is 0 Å². The molecule has 0 fully saturated rings. The van der Waals surface area contributed by atoms with Crippen LogP contribution in [0.15, 0.2) is 18.2 Å². The average Bonchev–Trinajstić information content (AvgIpc) is 2.17. The molecule has 0 saturated carbocycles. The van der Waals surface area contributed by atoms with Crippen LogP contribution >= 0.6 is 0 Å². The van der Waals surface area contributed by atoms with Gasteiger partial charge in [0.05, 0.1) is 5.69 Å². The molecule has 0 aliphatic rings. The summed E-state index contributed by atoms with van der Waals surface area (Å²) >= 11 is 0. The number of hydrogen-bond donors (Lipinski definition) is 2. The Kier molecular flexibility index (Phi) is 3.62. The predicted molar refractivity (Wildman–Crippen MR) is 56.3 cm³/mol. The van der Waals surface area contributed by atoms with Crippen LogP contribution in [0, 0.1) is 0 Å². The Hall–Kier alpha value is -1.18. The summed E-state index contributed by atoms with van der Waals surface area (Å²) < 4.78 is 0. The highest BCUT2D eigenvalue weighted by Crippen LogP contribution is 2.24. The van der Waals surface area contributed by atoms with Crippen molar-refractivity contribution in [2.45, 2.75) is 26.7 Å². The van der Waals surface area contributed by atoms with Crippen LogP contribution in [0.5, 0.6) is 5.75 Å². The molecule has 0 heterocycles. The van der Waals surface area contributed by atoms with Crippen LogP contribution in [0.1, 0.15) is 25.8 Å². The van der Waals surface area contributed by atoms with Crippen molar-refractivity contribution in [3.8, 4) is 5.75 Å². The Balaban J connectivity index is 2.78. The van der Waals surface area contributed by atoms with Gasteiger partial charge < -0.3 is 10.4 Å². The van der Waals surface area contributed by atoms with E-state index in [9.17, 15) is 5.11 Å². The van der Waals surface area contributed by atoms with Crippen LogP contribution in [0.2, 0.25) is 0 Å². The first-order valence-corrected chi connectivity index (χ1v) is 4.83. The van der Waals surface area contributed by atoms with E-state index in [4.69, 9.17) is 0 Å². The second kappa shape index (κ2) is 4.75. The number of aryl methyl sites for hydroxylation is 1. The number of aromatic hydroxyl groups is 1. The van der Waals surface area contributed by atoms with Crippen molar-refractivity contribution in [3.05, 3.63) is 23.8 Å². The lowest BCUT2D eigenvalue weighted by Gasteiger charge is -2.08. The normalized spacial score (nSPS) is 10.0. The number of nitrogens with one attached hydrogen (secondary N) is 1. The van der Waals surface area contributed by atoms with Gasteiger partial charge in [0, 0.05) is 6.54 Å². The van der Waals surface area contributed by atoms with Crippen molar-refractivity contribution in [1.29, 1.82) is 0 Å². The van der Waals surface area contributed by atoms with Crippen LogP contribution < -0.4 is 5.32 Å². The second-order valence-corrected chi connectivity index (χ2v) is 3.13. The van der Waals surface area contributed by atoms with Gasteiger partial charge in [-0.2, -0.15) is 0 Å². The molecular formula is C11H17NO. The molecule has 0 atom stereocenters. The summed E-state index contributed by atoms with van der Waals surface area (Å²) in [5.74, 6) is 0.339. The van der Waals surface area contributed by atoms with Gasteiger partial charge in [0.2, 0.25) is 0 Å². The Morgan fingerprint density at radius 1 is 1.31 bits per heavy atom. The molecule has 72 valence electrons. The third kappa shape index (κ3) is 2.65. The number of phenolic OH excluding ortho intramolecular Hbond substituents is 1. The average molecular weight is 179 g/mol. The summed E-state index contributed by atoms with van der Waals surface area (Å²) in [5, 5.41) is 12.7. The Bertz CT molecular complexity index is 271. The molecule has 0 bridgehead atoms. The second-order valence-electron chi connectivity index (χ2n) is 3.13. The first-order valence-electron chi connectivity index (χ1n) is 4.83. The summed E-state index contributed by atoms with van der Waals surface area (Å²) in [4.78, 5) is 0. The minimum atomic E-state index is 0.339. The number of phenols is 1. The van der Waals surface area contributed by atoms with Gasteiger partial charge in [0.25, 0.3) is 0 Å². The number of hydrogen-bond acceptors (Lipinski definition) is 2. The fraction of sp³-hybridized carbons (Fsp3) is 0.455. The lowest BCUT2D eigenvalue weighted by molar-refractivity contribution is 0.477. The van der Waals surface area contributed by atoms with Gasteiger partial charge in [0.1, 0.15) is 5.75 Å².